The lowest BCUT2D eigenvalue weighted by Gasteiger charge is -2.11. The minimum Gasteiger partial charge on any atom is -0.456 e. The number of fused-ring (bicyclic) bond motifs is 9. The summed E-state index contributed by atoms with van der Waals surface area (Å²) in [6.45, 7) is 0. The summed E-state index contributed by atoms with van der Waals surface area (Å²) in [5, 5.41) is 6.94. The van der Waals surface area contributed by atoms with E-state index in [4.69, 9.17) is 47.6 Å². The van der Waals surface area contributed by atoms with Gasteiger partial charge in [0.15, 0.2) is 17.5 Å². The van der Waals surface area contributed by atoms with Crippen molar-refractivity contribution in [2.75, 3.05) is 0 Å². The highest BCUT2D eigenvalue weighted by Gasteiger charge is 2.22. The van der Waals surface area contributed by atoms with Gasteiger partial charge in [-0.1, -0.05) is 181 Å². The van der Waals surface area contributed by atoms with E-state index in [0.717, 1.165) is 116 Å². The van der Waals surface area contributed by atoms with Gasteiger partial charge in [0, 0.05) is 54.0 Å². The van der Waals surface area contributed by atoms with Crippen LogP contribution < -0.4 is 0 Å². The van der Waals surface area contributed by atoms with E-state index in [9.17, 15) is 0 Å². The Bertz CT molecular complexity index is 4820. The number of hydrogen-bond acceptors (Lipinski definition) is 7. The molecule has 0 unspecified atom stereocenters. The number of aromatic nitrogens is 8. The highest BCUT2D eigenvalue weighted by molar-refractivity contribution is 6.32. The molecule has 0 aliphatic heterocycles. The molecule has 0 amide bonds. The zero-order valence-corrected chi connectivity index (χ0v) is 42.2. The third-order valence-electron chi connectivity index (χ3n) is 14.5. The summed E-state index contributed by atoms with van der Waals surface area (Å²) in [7, 11) is 0. The average Bonchev–Trinajstić information content (AvgIpc) is 4.24. The molecule has 362 valence electrons. The van der Waals surface area contributed by atoms with Gasteiger partial charge in [0.05, 0.1) is 22.1 Å². The first-order valence-corrected chi connectivity index (χ1v) is 25.9. The number of para-hydroxylation sites is 2. The van der Waals surface area contributed by atoms with E-state index in [0.29, 0.717) is 34.4 Å². The highest BCUT2D eigenvalue weighted by Crippen LogP contribution is 2.40. The number of furan rings is 1. The van der Waals surface area contributed by atoms with Crippen molar-refractivity contribution in [3.05, 3.63) is 241 Å². The molecule has 0 aliphatic carbocycles. The monoisotopic (exact) mass is 1030 g/mol. The van der Waals surface area contributed by atoms with E-state index in [1.165, 1.54) is 0 Å². The van der Waals surface area contributed by atoms with Crippen LogP contribution in [0, 0.1) is 0 Å². The second kappa shape index (κ2) is 18.0. The zero-order chi connectivity index (χ0) is 51.1. The van der Waals surface area contributed by atoms with Crippen molar-refractivity contribution in [1.29, 1.82) is 0 Å². The fourth-order valence-electron chi connectivity index (χ4n) is 10.9. The molecule has 0 N–H and O–H groups in total. The van der Waals surface area contributed by atoms with Crippen LogP contribution in [0.2, 0.25) is 10.3 Å². The molecule has 5 aromatic heterocycles. The first kappa shape index (κ1) is 44.7. The third-order valence-corrected chi connectivity index (χ3v) is 14.9. The van der Waals surface area contributed by atoms with E-state index in [1.54, 1.807) is 0 Å². The van der Waals surface area contributed by atoms with Gasteiger partial charge in [-0.25, -0.2) is 4.98 Å². The molecule has 15 rings (SSSR count). The van der Waals surface area contributed by atoms with Crippen LogP contribution in [0.3, 0.4) is 0 Å². The van der Waals surface area contributed by atoms with Crippen LogP contribution >= 0.6 is 23.2 Å². The van der Waals surface area contributed by atoms with Gasteiger partial charge in [0.1, 0.15) is 11.2 Å². The second-order valence-electron chi connectivity index (χ2n) is 19.0. The Kier molecular flexibility index (Phi) is 10.4. The Morgan fingerprint density at radius 1 is 0.299 bits per heavy atom. The van der Waals surface area contributed by atoms with Crippen LogP contribution in [0.25, 0.3) is 145 Å². The maximum atomic E-state index is 6.55. The van der Waals surface area contributed by atoms with Crippen LogP contribution in [0.15, 0.2) is 235 Å². The van der Waals surface area contributed by atoms with Crippen molar-refractivity contribution in [3.63, 3.8) is 0 Å². The molecule has 10 aromatic carbocycles. The lowest BCUT2D eigenvalue weighted by molar-refractivity contribution is 0.669. The molecular weight excluding hydrogens is 992 g/mol. The van der Waals surface area contributed by atoms with Crippen LogP contribution in [0.1, 0.15) is 0 Å². The Balaban J connectivity index is 0.760. The summed E-state index contributed by atoms with van der Waals surface area (Å²) in [6.07, 6.45) is 0. The summed E-state index contributed by atoms with van der Waals surface area (Å²) in [4.78, 5) is 29.6. The molecule has 0 radical (unpaired) electrons. The zero-order valence-electron chi connectivity index (χ0n) is 40.7. The molecule has 5 heterocycles. The first-order chi connectivity index (χ1) is 38.0. The number of benzene rings is 10. The minimum atomic E-state index is 0.140. The van der Waals surface area contributed by atoms with E-state index in [2.05, 4.69) is 146 Å². The Hall–Kier alpha value is -9.80. The van der Waals surface area contributed by atoms with E-state index < -0.39 is 0 Å². The van der Waals surface area contributed by atoms with E-state index in [1.807, 2.05) is 103 Å². The SMILES string of the molecule is Clc1ccc2oc3cccc(-c4nc(-c5ccccc5)nc(-n5c6ccccc6c6cc(-c7ccc(-c8ccc(-c9ccc%10c(c9)c9ccccc9n%10-c9nc(Cl)nc(-c%10ccccc%10)n9)cc8)cc7)ccc65)n4)c3c2c1. The Morgan fingerprint density at radius 2 is 0.766 bits per heavy atom. The molecule has 0 atom stereocenters. The van der Waals surface area contributed by atoms with Gasteiger partial charge in [-0.15, -0.1) is 0 Å². The van der Waals surface area contributed by atoms with Crippen molar-refractivity contribution in [2.45, 2.75) is 0 Å². The topological polar surface area (TPSA) is 100 Å². The summed E-state index contributed by atoms with van der Waals surface area (Å²) >= 11 is 13.1. The largest absolute Gasteiger partial charge is 0.456 e. The molecule has 0 bridgehead atoms. The van der Waals surface area contributed by atoms with Gasteiger partial charge in [0.25, 0.3) is 0 Å². The predicted molar refractivity (Wildman–Crippen MR) is 312 cm³/mol. The van der Waals surface area contributed by atoms with Crippen molar-refractivity contribution in [3.8, 4) is 79.4 Å². The van der Waals surface area contributed by atoms with Gasteiger partial charge in [-0.05, 0) is 106 Å². The Labute approximate surface area is 450 Å². The second-order valence-corrected chi connectivity index (χ2v) is 19.8. The fourth-order valence-corrected chi connectivity index (χ4v) is 11.2. The summed E-state index contributed by atoms with van der Waals surface area (Å²) in [6, 6.07) is 79.0. The number of hydrogen-bond donors (Lipinski definition) is 0. The summed E-state index contributed by atoms with van der Waals surface area (Å²) < 4.78 is 10.5. The van der Waals surface area contributed by atoms with E-state index in [-0.39, 0.29) is 5.28 Å². The lowest BCUT2D eigenvalue weighted by Crippen LogP contribution is -2.06. The van der Waals surface area contributed by atoms with Crippen LogP contribution in [0.4, 0.5) is 0 Å². The van der Waals surface area contributed by atoms with Crippen molar-refractivity contribution in [2.24, 2.45) is 0 Å². The first-order valence-electron chi connectivity index (χ1n) is 25.1. The lowest BCUT2D eigenvalue weighted by atomic mass is 9.97. The molecule has 15 aromatic rings. The Morgan fingerprint density at radius 3 is 1.34 bits per heavy atom. The maximum Gasteiger partial charge on any atom is 0.239 e. The van der Waals surface area contributed by atoms with Crippen LogP contribution in [0.5, 0.6) is 0 Å². The normalized spacial score (nSPS) is 11.8. The predicted octanol–water partition coefficient (Wildman–Crippen LogP) is 17.5. The standard InChI is InChI=1S/C66H38Cl2N8O/c67-47-32-35-58-53(38-47)60-50(18-11-21-59(60)77-58)63-69-61(43-12-3-1-4-13-43)71-65(73-63)75-54-19-9-7-16-48(54)51-36-45(30-33-56(51)75)41-26-22-39(23-27-41)40-24-28-42(29-25-40)46-31-34-57-52(37-46)49-17-8-10-20-55(49)76(57)66-72-62(70-64(68)74-66)44-14-5-2-6-15-44/h1-38H. The van der Waals surface area contributed by atoms with Gasteiger partial charge in [-0.3, -0.25) is 9.13 Å². The third kappa shape index (κ3) is 7.62. The van der Waals surface area contributed by atoms with Gasteiger partial charge in [-0.2, -0.15) is 24.9 Å². The molecule has 0 saturated heterocycles. The van der Waals surface area contributed by atoms with Crippen LogP contribution in [-0.2, 0) is 0 Å². The van der Waals surface area contributed by atoms with E-state index >= 15 is 0 Å². The van der Waals surface area contributed by atoms with Gasteiger partial charge in [0.2, 0.25) is 17.2 Å². The van der Waals surface area contributed by atoms with Gasteiger partial charge < -0.3 is 4.42 Å². The van der Waals surface area contributed by atoms with Crippen molar-refractivity contribution in [1.82, 2.24) is 39.0 Å². The minimum absolute atomic E-state index is 0.140. The molecule has 0 fully saturated rings. The molecule has 77 heavy (non-hydrogen) atoms. The molecule has 0 aliphatic rings. The number of rotatable bonds is 8. The average molecular weight is 1030 g/mol. The van der Waals surface area contributed by atoms with Gasteiger partial charge >= 0.3 is 0 Å². The molecule has 0 spiro atoms. The maximum absolute atomic E-state index is 6.55. The molecule has 11 heteroatoms. The number of halogens is 2. The fraction of sp³-hybridized carbons (Fsp3) is 0. The molecule has 0 saturated carbocycles. The summed E-state index contributed by atoms with van der Waals surface area (Å²) in [5.74, 6) is 2.60. The highest BCUT2D eigenvalue weighted by atomic mass is 35.5. The summed E-state index contributed by atoms with van der Waals surface area (Å²) in [5.41, 5.74) is 14.7. The van der Waals surface area contributed by atoms with Crippen molar-refractivity contribution >= 4 is 88.8 Å². The van der Waals surface area contributed by atoms with Crippen molar-refractivity contribution < 1.29 is 4.42 Å². The molecule has 9 nitrogen and oxygen atoms in total. The van der Waals surface area contributed by atoms with Crippen LogP contribution in [-0.4, -0.2) is 39.0 Å². The smallest absolute Gasteiger partial charge is 0.239 e. The molecular formula is C66H38Cl2N8O. The number of nitrogens with zero attached hydrogens (tertiary/aromatic N) is 8. The quantitative estimate of drug-likeness (QED) is 0.149.